The molecule has 3 heterocycles. The van der Waals surface area contributed by atoms with Crippen LogP contribution in [0.3, 0.4) is 0 Å². The number of rotatable bonds is 10. The van der Waals surface area contributed by atoms with Crippen LogP contribution in [0.25, 0.3) is 0 Å². The summed E-state index contributed by atoms with van der Waals surface area (Å²) in [5.41, 5.74) is -4.53. The molecule has 3 saturated heterocycles. The minimum absolute atomic E-state index is 0.0129. The van der Waals surface area contributed by atoms with Crippen LogP contribution in [0.5, 0.6) is 0 Å². The minimum atomic E-state index is -1.87. The number of hydrogen-bond acceptors (Lipinski definition) is 15. The number of esters is 1. The second-order valence-electron chi connectivity index (χ2n) is 18.7. The van der Waals surface area contributed by atoms with Crippen LogP contribution in [0.2, 0.25) is 0 Å². The molecule has 0 radical (unpaired) electrons. The number of hydrogen-bond donors (Lipinski definition) is 5. The van der Waals surface area contributed by atoms with E-state index in [0.717, 1.165) is 0 Å². The van der Waals surface area contributed by atoms with Crippen molar-refractivity contribution in [3.05, 3.63) is 0 Å². The molecule has 15 heteroatoms. The van der Waals surface area contributed by atoms with Gasteiger partial charge in [-0.3, -0.25) is 4.79 Å². The molecule has 5 N–H and O–H groups in total. The van der Waals surface area contributed by atoms with Gasteiger partial charge < -0.3 is 68.7 Å². The molecule has 0 saturated carbocycles. The molecule has 15 nitrogen and oxygen atoms in total. The molecule has 2 unspecified atom stereocenters. The number of likely N-dealkylation sites (N-methyl/N-ethyl adjacent to an activating group) is 2. The van der Waals surface area contributed by atoms with E-state index >= 15 is 0 Å². The Morgan fingerprint density at radius 3 is 1.96 bits per heavy atom. The van der Waals surface area contributed by atoms with Gasteiger partial charge in [0, 0.05) is 44.0 Å². The average molecular weight is 806 g/mol. The molecule has 0 aromatic carbocycles. The summed E-state index contributed by atoms with van der Waals surface area (Å²) in [5, 5.41) is 60.1. The Kier molecular flexibility index (Phi) is 17.2. The second kappa shape index (κ2) is 19.6. The summed E-state index contributed by atoms with van der Waals surface area (Å²) in [5.74, 6) is -3.32. The summed E-state index contributed by atoms with van der Waals surface area (Å²) < 4.78 is 38.0. The van der Waals surface area contributed by atoms with Gasteiger partial charge >= 0.3 is 5.97 Å². The summed E-state index contributed by atoms with van der Waals surface area (Å²) in [7, 11) is 12.7. The van der Waals surface area contributed by atoms with E-state index in [-0.39, 0.29) is 49.9 Å². The third-order valence-corrected chi connectivity index (χ3v) is 13.0. The minimum Gasteiger partial charge on any atom is -0.459 e. The van der Waals surface area contributed by atoms with E-state index in [1.165, 1.54) is 7.11 Å². The SMILES string of the molecule is CCC1OC(=O)[C@H](C)C(O[C@H]2C[C@@](C)(OC)[C@@H](O)[C@H](C)O2)[C@H](C)[C@@H](O[C@@H]2O[C@H](C)C[C@H](N(C)C)[C@H]2O)[C@](C)(O)C[C@@H](C)[C@@H](N(C)C)[C@H](C)[C@@H](O)[C@@]1(O)CN(C)C. The van der Waals surface area contributed by atoms with Crippen LogP contribution >= 0.6 is 0 Å². The highest BCUT2D eigenvalue weighted by Gasteiger charge is 2.55. The first-order valence-corrected chi connectivity index (χ1v) is 20.6. The predicted octanol–water partition coefficient (Wildman–Crippen LogP) is 1.69. The molecule has 3 rings (SSSR count). The first-order valence-electron chi connectivity index (χ1n) is 20.6. The summed E-state index contributed by atoms with van der Waals surface area (Å²) in [4.78, 5) is 20.2. The van der Waals surface area contributed by atoms with E-state index < -0.39 is 95.8 Å². The van der Waals surface area contributed by atoms with Crippen LogP contribution in [-0.4, -0.2) is 192 Å². The number of carbonyl (C=O) groups is 1. The zero-order chi connectivity index (χ0) is 42.8. The molecule has 0 bridgehead atoms. The molecule has 56 heavy (non-hydrogen) atoms. The third-order valence-electron chi connectivity index (χ3n) is 13.0. The number of aliphatic hydroxyl groups excluding tert-OH is 3. The topological polar surface area (TPSA) is 183 Å². The van der Waals surface area contributed by atoms with Crippen LogP contribution in [0.1, 0.15) is 88.0 Å². The van der Waals surface area contributed by atoms with Crippen molar-refractivity contribution in [2.45, 2.75) is 178 Å². The quantitative estimate of drug-likeness (QED) is 0.201. The zero-order valence-corrected chi connectivity index (χ0v) is 37.2. The Labute approximate surface area is 336 Å². The van der Waals surface area contributed by atoms with Crippen LogP contribution in [0, 0.1) is 23.7 Å². The Morgan fingerprint density at radius 2 is 1.45 bits per heavy atom. The molecule has 0 spiro atoms. The van der Waals surface area contributed by atoms with Crippen LogP contribution in [0.15, 0.2) is 0 Å². The Balaban J connectivity index is 2.27. The number of aliphatic hydroxyl groups is 5. The zero-order valence-electron chi connectivity index (χ0n) is 37.2. The predicted molar refractivity (Wildman–Crippen MR) is 212 cm³/mol. The van der Waals surface area contributed by atoms with Crippen LogP contribution in [-0.2, 0) is 33.2 Å². The van der Waals surface area contributed by atoms with Gasteiger partial charge in [0.05, 0.1) is 47.6 Å². The number of ether oxygens (including phenoxy) is 6. The normalized spacial score (nSPS) is 47.9. The van der Waals surface area contributed by atoms with Crippen molar-refractivity contribution in [2.75, 3.05) is 55.9 Å². The van der Waals surface area contributed by atoms with E-state index in [4.69, 9.17) is 28.4 Å². The molecule has 0 amide bonds. The molecule has 3 aliphatic rings. The van der Waals surface area contributed by atoms with Gasteiger partial charge in [-0.05, 0) is 102 Å². The molecular formula is C41H79N3O12. The summed E-state index contributed by atoms with van der Waals surface area (Å²) in [6.07, 6.45) is -8.54. The van der Waals surface area contributed by atoms with Crippen LogP contribution in [0.4, 0.5) is 0 Å². The van der Waals surface area contributed by atoms with Gasteiger partial charge in [-0.2, -0.15) is 0 Å². The number of cyclic esters (lactones) is 1. The van der Waals surface area contributed by atoms with E-state index in [2.05, 4.69) is 0 Å². The van der Waals surface area contributed by atoms with Gasteiger partial charge in [-0.25, -0.2) is 0 Å². The van der Waals surface area contributed by atoms with Crippen molar-refractivity contribution in [1.82, 2.24) is 14.7 Å². The first kappa shape index (κ1) is 49.3. The second-order valence-corrected chi connectivity index (χ2v) is 18.7. The van der Waals surface area contributed by atoms with Crippen molar-refractivity contribution in [3.8, 4) is 0 Å². The maximum absolute atomic E-state index is 14.5. The Morgan fingerprint density at radius 1 is 0.839 bits per heavy atom. The molecule has 3 aliphatic heterocycles. The molecule has 3 fully saturated rings. The van der Waals surface area contributed by atoms with E-state index in [0.29, 0.717) is 6.42 Å². The molecule has 0 aromatic heterocycles. The maximum Gasteiger partial charge on any atom is 0.311 e. The van der Waals surface area contributed by atoms with Gasteiger partial charge in [0.2, 0.25) is 0 Å². The first-order chi connectivity index (χ1) is 25.8. The van der Waals surface area contributed by atoms with Crippen molar-refractivity contribution in [2.24, 2.45) is 23.7 Å². The summed E-state index contributed by atoms with van der Waals surface area (Å²) in [6, 6.07) is -0.654. The molecule has 330 valence electrons. The highest BCUT2D eigenvalue weighted by atomic mass is 16.7. The van der Waals surface area contributed by atoms with Crippen molar-refractivity contribution in [1.29, 1.82) is 0 Å². The van der Waals surface area contributed by atoms with Gasteiger partial charge in [-0.1, -0.05) is 27.7 Å². The largest absolute Gasteiger partial charge is 0.459 e. The van der Waals surface area contributed by atoms with Gasteiger partial charge in [-0.15, -0.1) is 0 Å². The lowest BCUT2D eigenvalue weighted by Crippen LogP contribution is -2.64. The smallest absolute Gasteiger partial charge is 0.311 e. The number of nitrogens with zero attached hydrogens (tertiary/aromatic N) is 3. The number of methoxy groups -OCH3 is 1. The van der Waals surface area contributed by atoms with E-state index in [1.54, 1.807) is 53.6 Å². The maximum atomic E-state index is 14.5. The van der Waals surface area contributed by atoms with Crippen LogP contribution < -0.4 is 0 Å². The fraction of sp³-hybridized carbons (Fsp3) is 0.976. The molecule has 19 atom stereocenters. The number of carbonyl (C=O) groups excluding carboxylic acids is 1. The van der Waals surface area contributed by atoms with Gasteiger partial charge in [0.25, 0.3) is 0 Å². The highest BCUT2D eigenvalue weighted by molar-refractivity contribution is 5.73. The Bertz CT molecular complexity index is 1240. The van der Waals surface area contributed by atoms with E-state index in [9.17, 15) is 30.3 Å². The highest BCUT2D eigenvalue weighted by Crippen LogP contribution is 2.42. The Hall–Kier alpha value is -1.05. The third kappa shape index (κ3) is 10.8. The fourth-order valence-electron chi connectivity index (χ4n) is 10.1. The lowest BCUT2D eigenvalue weighted by molar-refractivity contribution is -0.318. The lowest BCUT2D eigenvalue weighted by atomic mass is 9.71. The summed E-state index contributed by atoms with van der Waals surface area (Å²) in [6.45, 7) is 16.3. The fourth-order valence-corrected chi connectivity index (χ4v) is 10.1. The van der Waals surface area contributed by atoms with Crippen molar-refractivity contribution < 1.29 is 58.7 Å². The molecular weight excluding hydrogens is 726 g/mol. The average Bonchev–Trinajstić information content (AvgIpc) is 3.09. The summed E-state index contributed by atoms with van der Waals surface area (Å²) >= 11 is 0. The van der Waals surface area contributed by atoms with E-state index in [1.807, 2.05) is 65.7 Å². The standard InChI is InChI=1S/C41H79N3O12/c1-17-29-41(50,21-42(10)11)34(46)24(4)31(44(14)15)22(2)19-39(8,49)36(56-38-32(45)28(43(12)13)18-23(3)52-38)25(5)33(26(6)37(48)54-29)55-30-20-40(9,51-16)35(47)27(7)53-30/h22-36,38,45-47,49-50H,17-21H2,1-16H3/t22-,23-,24+,25+,26-,27+,28+,29?,30+,31-,32-,33?,34-,35+,36-,38+,39-,40-,41-/m1/s1. The molecule has 0 aliphatic carbocycles. The lowest BCUT2D eigenvalue weighted by Gasteiger charge is -2.50. The van der Waals surface area contributed by atoms with Crippen molar-refractivity contribution in [3.63, 3.8) is 0 Å². The van der Waals surface area contributed by atoms with Crippen molar-refractivity contribution >= 4 is 5.97 Å². The van der Waals surface area contributed by atoms with Gasteiger partial charge in [0.1, 0.15) is 23.9 Å². The molecule has 0 aromatic rings. The monoisotopic (exact) mass is 806 g/mol. The van der Waals surface area contributed by atoms with Gasteiger partial charge in [0.15, 0.2) is 12.6 Å².